The molecular formula is C18H24N4O2S. The molecule has 2 aromatic rings. The van der Waals surface area contributed by atoms with Crippen molar-refractivity contribution < 1.29 is 9.59 Å². The molecule has 0 spiro atoms. The van der Waals surface area contributed by atoms with E-state index in [1.54, 1.807) is 0 Å². The summed E-state index contributed by atoms with van der Waals surface area (Å²) < 4.78 is 0. The first-order valence-electron chi connectivity index (χ1n) is 8.15. The molecule has 0 bridgehead atoms. The monoisotopic (exact) mass is 360 g/mol. The normalized spacial score (nSPS) is 10.8. The van der Waals surface area contributed by atoms with Gasteiger partial charge in [0.2, 0.25) is 5.91 Å². The number of nitrogens with zero attached hydrogens (tertiary/aromatic N) is 2. The lowest BCUT2D eigenvalue weighted by Gasteiger charge is -2.09. The van der Waals surface area contributed by atoms with Crippen LogP contribution in [-0.2, 0) is 4.79 Å². The van der Waals surface area contributed by atoms with Crippen LogP contribution in [0.3, 0.4) is 0 Å². The third-order valence-corrected chi connectivity index (χ3v) is 4.53. The molecule has 2 rings (SSSR count). The van der Waals surface area contributed by atoms with Gasteiger partial charge in [-0.25, -0.2) is 4.98 Å². The van der Waals surface area contributed by atoms with Crippen LogP contribution in [0.5, 0.6) is 0 Å². The van der Waals surface area contributed by atoms with E-state index in [-0.39, 0.29) is 11.8 Å². The fourth-order valence-corrected chi connectivity index (χ4v) is 3.25. The van der Waals surface area contributed by atoms with Gasteiger partial charge in [0, 0.05) is 29.6 Å². The number of carbonyl (C=O) groups is 2. The molecule has 0 atom stereocenters. The van der Waals surface area contributed by atoms with E-state index >= 15 is 0 Å². The minimum atomic E-state index is -0.142. The molecule has 0 aliphatic rings. The fraction of sp³-hybridized carbons (Fsp3) is 0.389. The number of benzene rings is 1. The van der Waals surface area contributed by atoms with Gasteiger partial charge in [0.25, 0.3) is 5.91 Å². The maximum atomic E-state index is 12.3. The molecule has 0 saturated carbocycles. The quantitative estimate of drug-likeness (QED) is 0.745. The number of amides is 2. The molecule has 25 heavy (non-hydrogen) atoms. The fourth-order valence-electron chi connectivity index (χ4n) is 2.34. The van der Waals surface area contributed by atoms with Gasteiger partial charge in [-0.1, -0.05) is 12.1 Å². The Morgan fingerprint density at radius 2 is 2.04 bits per heavy atom. The number of anilines is 1. The second-order valence-electron chi connectivity index (χ2n) is 6.10. The zero-order chi connectivity index (χ0) is 18.4. The number of aryl methyl sites for hydroxylation is 1. The number of rotatable bonds is 7. The molecule has 0 unspecified atom stereocenters. The third-order valence-electron chi connectivity index (χ3n) is 3.51. The van der Waals surface area contributed by atoms with Crippen LogP contribution in [-0.4, -0.2) is 48.9 Å². The van der Waals surface area contributed by atoms with Crippen molar-refractivity contribution in [1.82, 2.24) is 15.2 Å². The Hall–Kier alpha value is -2.25. The van der Waals surface area contributed by atoms with Crippen molar-refractivity contribution >= 4 is 28.8 Å². The predicted octanol–water partition coefficient (Wildman–Crippen LogP) is 2.76. The Labute approximate surface area is 152 Å². The maximum Gasteiger partial charge on any atom is 0.271 e. The van der Waals surface area contributed by atoms with Crippen LogP contribution in [0.2, 0.25) is 0 Å². The average Bonchev–Trinajstić information content (AvgIpc) is 2.93. The maximum absolute atomic E-state index is 12.3. The highest BCUT2D eigenvalue weighted by Gasteiger charge is 2.16. The molecule has 0 fully saturated rings. The topological polar surface area (TPSA) is 74.3 Å². The van der Waals surface area contributed by atoms with Gasteiger partial charge >= 0.3 is 0 Å². The van der Waals surface area contributed by atoms with Gasteiger partial charge < -0.3 is 15.5 Å². The first-order valence-corrected chi connectivity index (χ1v) is 8.97. The van der Waals surface area contributed by atoms with Crippen LogP contribution >= 0.6 is 11.3 Å². The summed E-state index contributed by atoms with van der Waals surface area (Å²) in [6.45, 7) is 4.92. The highest BCUT2D eigenvalue weighted by Crippen LogP contribution is 2.29. The van der Waals surface area contributed by atoms with E-state index < -0.39 is 0 Å². The number of aromatic nitrogens is 1. The van der Waals surface area contributed by atoms with Crippen molar-refractivity contribution in [1.29, 1.82) is 0 Å². The summed E-state index contributed by atoms with van der Waals surface area (Å²) in [5, 5.41) is 6.44. The Bertz CT molecular complexity index is 755. The minimum Gasteiger partial charge on any atom is -0.351 e. The van der Waals surface area contributed by atoms with Crippen LogP contribution in [0.1, 0.15) is 28.7 Å². The van der Waals surface area contributed by atoms with Gasteiger partial charge in [0.15, 0.2) is 0 Å². The van der Waals surface area contributed by atoms with Crippen molar-refractivity contribution in [2.24, 2.45) is 0 Å². The smallest absolute Gasteiger partial charge is 0.271 e. The van der Waals surface area contributed by atoms with E-state index in [4.69, 9.17) is 0 Å². The minimum absolute atomic E-state index is 0.120. The summed E-state index contributed by atoms with van der Waals surface area (Å²) in [4.78, 5) is 31.0. The summed E-state index contributed by atoms with van der Waals surface area (Å²) in [7, 11) is 4.02. The Balaban J connectivity index is 2.09. The van der Waals surface area contributed by atoms with Crippen LogP contribution in [0.25, 0.3) is 10.6 Å². The summed E-state index contributed by atoms with van der Waals surface area (Å²) >= 11 is 1.47. The lowest BCUT2D eigenvalue weighted by molar-refractivity contribution is -0.114. The molecule has 1 aromatic heterocycles. The number of hydrogen-bond acceptors (Lipinski definition) is 5. The third kappa shape index (κ3) is 5.65. The molecule has 2 N–H and O–H groups in total. The highest BCUT2D eigenvalue weighted by atomic mass is 32.1. The van der Waals surface area contributed by atoms with Gasteiger partial charge in [-0.05, 0) is 46.1 Å². The first-order chi connectivity index (χ1) is 11.9. The van der Waals surface area contributed by atoms with Gasteiger partial charge in [-0.3, -0.25) is 9.59 Å². The lowest BCUT2D eigenvalue weighted by atomic mass is 10.2. The van der Waals surface area contributed by atoms with E-state index in [1.807, 2.05) is 45.3 Å². The average molecular weight is 360 g/mol. The van der Waals surface area contributed by atoms with Crippen molar-refractivity contribution in [2.75, 3.05) is 32.5 Å². The van der Waals surface area contributed by atoms with Gasteiger partial charge in [-0.15, -0.1) is 11.3 Å². The molecule has 0 aliphatic heterocycles. The summed E-state index contributed by atoms with van der Waals surface area (Å²) in [5.41, 5.74) is 2.06. The Morgan fingerprint density at radius 3 is 2.72 bits per heavy atom. The standard InChI is InChI=1S/C18H24N4O2S/c1-12-16(17(24)19-9-6-10-22(3)4)21-18(25-12)14-7-5-8-15(11-14)20-13(2)23/h5,7-8,11H,6,9-10H2,1-4H3,(H,19,24)(H,20,23). The van der Waals surface area contributed by atoms with E-state index in [9.17, 15) is 9.59 Å². The largest absolute Gasteiger partial charge is 0.351 e. The Morgan fingerprint density at radius 1 is 1.28 bits per heavy atom. The lowest BCUT2D eigenvalue weighted by Crippen LogP contribution is -2.27. The van der Waals surface area contributed by atoms with E-state index in [2.05, 4.69) is 20.5 Å². The number of hydrogen-bond donors (Lipinski definition) is 2. The number of nitrogens with one attached hydrogen (secondary N) is 2. The summed E-state index contributed by atoms with van der Waals surface area (Å²) in [6.07, 6.45) is 0.896. The molecule has 7 heteroatoms. The van der Waals surface area contributed by atoms with Crippen molar-refractivity contribution in [2.45, 2.75) is 20.3 Å². The van der Waals surface area contributed by atoms with Gasteiger partial charge in [0.1, 0.15) is 10.7 Å². The van der Waals surface area contributed by atoms with Crippen LogP contribution in [0.4, 0.5) is 5.69 Å². The van der Waals surface area contributed by atoms with Gasteiger partial charge in [0.05, 0.1) is 0 Å². The summed E-state index contributed by atoms with van der Waals surface area (Å²) in [6, 6.07) is 7.46. The van der Waals surface area contributed by atoms with Crippen molar-refractivity contribution in [3.8, 4) is 10.6 Å². The zero-order valence-electron chi connectivity index (χ0n) is 15.0. The molecule has 1 heterocycles. The van der Waals surface area contributed by atoms with Crippen LogP contribution < -0.4 is 10.6 Å². The highest BCUT2D eigenvalue weighted by molar-refractivity contribution is 7.15. The molecule has 0 radical (unpaired) electrons. The van der Waals surface area contributed by atoms with Crippen molar-refractivity contribution in [3.63, 3.8) is 0 Å². The van der Waals surface area contributed by atoms with Crippen LogP contribution in [0.15, 0.2) is 24.3 Å². The van der Waals surface area contributed by atoms with E-state index in [0.717, 1.165) is 28.4 Å². The number of carbonyl (C=O) groups excluding carboxylic acids is 2. The second kappa shape index (κ2) is 8.73. The predicted molar refractivity (Wildman–Crippen MR) is 102 cm³/mol. The van der Waals surface area contributed by atoms with E-state index in [0.29, 0.717) is 17.9 Å². The molecule has 6 nitrogen and oxygen atoms in total. The first kappa shape index (κ1) is 19.1. The van der Waals surface area contributed by atoms with Gasteiger partial charge in [-0.2, -0.15) is 0 Å². The Kier molecular flexibility index (Phi) is 6.66. The molecule has 2 amide bonds. The molecule has 134 valence electrons. The number of thiazole rings is 1. The molecular weight excluding hydrogens is 336 g/mol. The molecule has 0 saturated heterocycles. The SMILES string of the molecule is CC(=O)Nc1cccc(-c2nc(C(=O)NCCCN(C)C)c(C)s2)c1. The molecule has 0 aliphatic carbocycles. The second-order valence-corrected chi connectivity index (χ2v) is 7.30. The van der Waals surface area contributed by atoms with Crippen LogP contribution in [0, 0.1) is 6.92 Å². The van der Waals surface area contributed by atoms with E-state index in [1.165, 1.54) is 18.3 Å². The molecule has 1 aromatic carbocycles. The zero-order valence-corrected chi connectivity index (χ0v) is 15.9. The summed E-state index contributed by atoms with van der Waals surface area (Å²) in [5.74, 6) is -0.262. The van der Waals surface area contributed by atoms with Crippen molar-refractivity contribution in [3.05, 3.63) is 34.8 Å².